The first-order chi connectivity index (χ1) is 10.1. The third-order valence-electron chi connectivity index (χ3n) is 4.64. The molecule has 0 nitrogen and oxygen atoms in total. The van der Waals surface area contributed by atoms with E-state index in [2.05, 4.69) is 77.1 Å². The summed E-state index contributed by atoms with van der Waals surface area (Å²) in [5, 5.41) is 2.66. The summed E-state index contributed by atoms with van der Waals surface area (Å²) < 4.78 is 0. The van der Waals surface area contributed by atoms with Crippen molar-refractivity contribution in [3.05, 3.63) is 70.3 Å². The first-order valence-corrected chi connectivity index (χ1v) is 7.88. The van der Waals surface area contributed by atoms with E-state index in [0.717, 1.165) is 0 Å². The molecule has 24 heavy (non-hydrogen) atoms. The van der Waals surface area contributed by atoms with Gasteiger partial charge in [0.1, 0.15) is 0 Å². The summed E-state index contributed by atoms with van der Waals surface area (Å²) in [5.41, 5.74) is 7.62. The van der Waals surface area contributed by atoms with E-state index >= 15 is 0 Å². The minimum Gasteiger partial charge on any atom is -1.00 e. The Bertz CT molecular complexity index is 667. The first kappa shape index (κ1) is 25.9. The van der Waals surface area contributed by atoms with Gasteiger partial charge in [0.15, 0.2) is 0 Å². The van der Waals surface area contributed by atoms with E-state index in [9.17, 15) is 0 Å². The molecule has 3 aromatic carbocycles. The van der Waals surface area contributed by atoms with E-state index in [1.54, 1.807) is 5.56 Å². The van der Waals surface area contributed by atoms with E-state index in [1.807, 2.05) is 0 Å². The number of benzene rings is 1. The molecule has 0 aliphatic rings. The topological polar surface area (TPSA) is 0 Å². The maximum atomic E-state index is 2.25. The molecular formula is C21H26Cl2Zr. The third kappa shape index (κ3) is 5.87. The number of halogens is 2. The molecule has 0 radical (unpaired) electrons. The summed E-state index contributed by atoms with van der Waals surface area (Å²) in [6.07, 6.45) is 2.50. The Hall–Kier alpha value is -0.357. The van der Waals surface area contributed by atoms with Gasteiger partial charge in [-0.15, -0.1) is 29.7 Å². The Kier molecular flexibility index (Phi) is 13.0. The van der Waals surface area contributed by atoms with Crippen molar-refractivity contribution in [3.63, 3.8) is 0 Å². The Labute approximate surface area is 178 Å². The molecule has 0 spiro atoms. The average Bonchev–Trinajstić information content (AvgIpc) is 3.04. The van der Waals surface area contributed by atoms with Crippen LogP contribution in [0.1, 0.15) is 41.2 Å². The van der Waals surface area contributed by atoms with Crippen LogP contribution in [0.25, 0.3) is 10.8 Å². The first-order valence-electron chi connectivity index (χ1n) is 7.88. The minimum absolute atomic E-state index is 0. The van der Waals surface area contributed by atoms with Gasteiger partial charge in [0.2, 0.25) is 0 Å². The fourth-order valence-electron chi connectivity index (χ4n) is 2.99. The second-order valence-electron chi connectivity index (χ2n) is 5.88. The van der Waals surface area contributed by atoms with Gasteiger partial charge in [-0.2, -0.15) is 45.3 Å². The predicted molar refractivity (Wildman–Crippen MR) is 94.5 cm³/mol. The molecule has 0 unspecified atom stereocenters. The summed E-state index contributed by atoms with van der Waals surface area (Å²) in [4.78, 5) is 0. The van der Waals surface area contributed by atoms with Gasteiger partial charge in [-0.3, -0.25) is 0 Å². The van der Waals surface area contributed by atoms with Crippen LogP contribution in [-0.4, -0.2) is 0 Å². The van der Waals surface area contributed by atoms with Crippen LogP contribution in [0.2, 0.25) is 0 Å². The Balaban J connectivity index is 0. The second kappa shape index (κ2) is 12.1. The molecule has 3 aromatic rings. The van der Waals surface area contributed by atoms with Crippen molar-refractivity contribution in [2.24, 2.45) is 0 Å². The molecule has 0 heterocycles. The van der Waals surface area contributed by atoms with Crippen LogP contribution < -0.4 is 24.8 Å². The number of hydrogen-bond acceptors (Lipinski definition) is 0. The SMILES string of the molecule is CCCc1c(C)c(C)c(C)[c-]1C.[Cl-].[Cl-].[Zr+4].c1ccc2[cH-]ccc2c1. The summed E-state index contributed by atoms with van der Waals surface area (Å²) in [5.74, 6) is 0. The van der Waals surface area contributed by atoms with E-state index in [4.69, 9.17) is 0 Å². The standard InChI is InChI=1S/C12H19.C9H7.2ClH.Zr/c1-6-7-12-10(4)8(2)9(3)11(12)5;1-2-5-9-7-3-6-8(9)4-1;;;/h6-7H2,1-5H3;1-7H;2*1H;/q2*-1;;;+4/p-2. The predicted octanol–water partition coefficient (Wildman–Crippen LogP) is 0.156. The molecule has 3 rings (SSSR count). The van der Waals surface area contributed by atoms with Crippen LogP contribution >= 0.6 is 0 Å². The summed E-state index contributed by atoms with van der Waals surface area (Å²) in [6.45, 7) is 11.2. The van der Waals surface area contributed by atoms with Gasteiger partial charge in [-0.05, 0) is 0 Å². The van der Waals surface area contributed by atoms with Gasteiger partial charge in [-0.25, -0.2) is 0 Å². The average molecular weight is 441 g/mol. The fraction of sp³-hybridized carbons (Fsp3) is 0.333. The van der Waals surface area contributed by atoms with Crippen molar-refractivity contribution in [2.75, 3.05) is 0 Å². The Morgan fingerprint density at radius 1 is 0.958 bits per heavy atom. The molecule has 3 heteroatoms. The molecule has 0 atom stereocenters. The summed E-state index contributed by atoms with van der Waals surface area (Å²) in [6, 6.07) is 14.7. The van der Waals surface area contributed by atoms with Crippen molar-refractivity contribution in [2.45, 2.75) is 47.5 Å². The molecule has 0 aliphatic carbocycles. The van der Waals surface area contributed by atoms with Gasteiger partial charge in [-0.1, -0.05) is 53.5 Å². The molecule has 0 saturated heterocycles. The normalized spacial score (nSPS) is 9.21. The molecule has 0 N–H and O–H groups in total. The Morgan fingerprint density at radius 3 is 2.08 bits per heavy atom. The zero-order valence-electron chi connectivity index (χ0n) is 15.2. The van der Waals surface area contributed by atoms with Crippen LogP contribution in [-0.2, 0) is 32.6 Å². The molecule has 0 saturated carbocycles. The van der Waals surface area contributed by atoms with Gasteiger partial charge in [0.05, 0.1) is 0 Å². The zero-order chi connectivity index (χ0) is 15.4. The van der Waals surface area contributed by atoms with Crippen molar-refractivity contribution >= 4 is 10.8 Å². The van der Waals surface area contributed by atoms with Crippen molar-refractivity contribution < 1.29 is 51.0 Å². The number of hydrogen-bond donors (Lipinski definition) is 0. The molecule has 0 aliphatic heterocycles. The van der Waals surface area contributed by atoms with Crippen LogP contribution in [0, 0.1) is 27.7 Å². The van der Waals surface area contributed by atoms with E-state index < -0.39 is 0 Å². The van der Waals surface area contributed by atoms with E-state index in [0.29, 0.717) is 0 Å². The van der Waals surface area contributed by atoms with Gasteiger partial charge in [0.25, 0.3) is 0 Å². The zero-order valence-corrected chi connectivity index (χ0v) is 19.2. The minimum atomic E-state index is 0. The van der Waals surface area contributed by atoms with Gasteiger partial charge >= 0.3 is 26.2 Å². The van der Waals surface area contributed by atoms with Crippen molar-refractivity contribution in [1.29, 1.82) is 0 Å². The molecule has 0 bridgehead atoms. The van der Waals surface area contributed by atoms with Crippen LogP contribution in [0.4, 0.5) is 0 Å². The molecule has 128 valence electrons. The van der Waals surface area contributed by atoms with Gasteiger partial charge < -0.3 is 24.8 Å². The van der Waals surface area contributed by atoms with Gasteiger partial charge in [0, 0.05) is 0 Å². The van der Waals surface area contributed by atoms with Crippen LogP contribution in [0.5, 0.6) is 0 Å². The van der Waals surface area contributed by atoms with Crippen LogP contribution in [0.15, 0.2) is 42.5 Å². The maximum absolute atomic E-state index is 2.25. The monoisotopic (exact) mass is 438 g/mol. The summed E-state index contributed by atoms with van der Waals surface area (Å²) in [7, 11) is 0. The second-order valence-corrected chi connectivity index (χ2v) is 5.88. The maximum Gasteiger partial charge on any atom is 4.00 e. The Morgan fingerprint density at radius 2 is 1.58 bits per heavy atom. The fourth-order valence-corrected chi connectivity index (χ4v) is 2.99. The molecular weight excluding hydrogens is 414 g/mol. The van der Waals surface area contributed by atoms with Crippen LogP contribution in [0.3, 0.4) is 0 Å². The molecule has 0 aromatic heterocycles. The quantitative estimate of drug-likeness (QED) is 0.498. The summed E-state index contributed by atoms with van der Waals surface area (Å²) >= 11 is 0. The molecule has 0 amide bonds. The number of fused-ring (bicyclic) bond motifs is 1. The molecule has 0 fully saturated rings. The van der Waals surface area contributed by atoms with Crippen molar-refractivity contribution in [3.8, 4) is 0 Å². The third-order valence-corrected chi connectivity index (χ3v) is 4.64. The number of rotatable bonds is 2. The van der Waals surface area contributed by atoms with E-state index in [-0.39, 0.29) is 51.0 Å². The smallest absolute Gasteiger partial charge is 1.00 e. The van der Waals surface area contributed by atoms with Crippen molar-refractivity contribution in [1.82, 2.24) is 0 Å². The largest absolute Gasteiger partial charge is 4.00 e. The van der Waals surface area contributed by atoms with E-state index in [1.165, 1.54) is 45.9 Å².